The summed E-state index contributed by atoms with van der Waals surface area (Å²) in [6.45, 7) is 6.23. The number of benzene rings is 2. The van der Waals surface area contributed by atoms with E-state index < -0.39 is 0 Å². The third-order valence-corrected chi connectivity index (χ3v) is 3.68. The van der Waals surface area contributed by atoms with Gasteiger partial charge in [0.2, 0.25) is 0 Å². The minimum atomic E-state index is -0.249. The Morgan fingerprint density at radius 1 is 1.04 bits per heavy atom. The van der Waals surface area contributed by atoms with Crippen LogP contribution < -0.4 is 15.4 Å². The van der Waals surface area contributed by atoms with E-state index in [1.165, 1.54) is 7.11 Å². The van der Waals surface area contributed by atoms with Crippen LogP contribution in [0.25, 0.3) is 0 Å². The zero-order chi connectivity index (χ0) is 17.7. The quantitative estimate of drug-likeness (QED) is 0.886. The van der Waals surface area contributed by atoms with E-state index in [2.05, 4.69) is 10.6 Å². The van der Waals surface area contributed by atoms with E-state index in [1.54, 1.807) is 24.3 Å². The van der Waals surface area contributed by atoms with E-state index in [4.69, 9.17) is 4.74 Å². The molecule has 0 aromatic heterocycles. The number of ether oxygens (including phenoxy) is 1. The lowest BCUT2D eigenvalue weighted by molar-refractivity contribution is 0.0955. The molecule has 0 radical (unpaired) electrons. The van der Waals surface area contributed by atoms with Crippen LogP contribution in [0.2, 0.25) is 0 Å². The molecular formula is C19H22N2O3. The highest BCUT2D eigenvalue weighted by Gasteiger charge is 2.14. The lowest BCUT2D eigenvalue weighted by atomic mass is 10.1. The van der Waals surface area contributed by atoms with Gasteiger partial charge in [-0.1, -0.05) is 6.07 Å². The van der Waals surface area contributed by atoms with Gasteiger partial charge < -0.3 is 15.4 Å². The van der Waals surface area contributed by atoms with Crippen LogP contribution in [-0.2, 0) is 0 Å². The molecule has 2 aromatic carbocycles. The molecule has 0 saturated carbocycles. The summed E-state index contributed by atoms with van der Waals surface area (Å²) < 4.78 is 5.28. The maximum atomic E-state index is 12.5. The normalized spacial score (nSPS) is 10.2. The molecule has 2 amide bonds. The molecule has 2 N–H and O–H groups in total. The zero-order valence-electron chi connectivity index (χ0n) is 14.4. The Kier molecular flexibility index (Phi) is 5.58. The summed E-state index contributed by atoms with van der Waals surface area (Å²) in [4.78, 5) is 24.4. The summed E-state index contributed by atoms with van der Waals surface area (Å²) in [5.74, 6) is 0.156. The monoisotopic (exact) mass is 326 g/mol. The summed E-state index contributed by atoms with van der Waals surface area (Å²) in [7, 11) is 1.54. The van der Waals surface area contributed by atoms with Crippen molar-refractivity contribution in [1.29, 1.82) is 0 Å². The van der Waals surface area contributed by atoms with Gasteiger partial charge in [-0.25, -0.2) is 0 Å². The highest BCUT2D eigenvalue weighted by molar-refractivity contribution is 6.07. The molecule has 0 spiro atoms. The summed E-state index contributed by atoms with van der Waals surface area (Å²) in [6.07, 6.45) is 0. The molecule has 0 aliphatic carbocycles. The minimum absolute atomic E-state index is 0.126. The second kappa shape index (κ2) is 7.64. The number of nitrogens with one attached hydrogen (secondary N) is 2. The van der Waals surface area contributed by atoms with Gasteiger partial charge in [0.25, 0.3) is 11.8 Å². The Balaban J connectivity index is 2.22. The first-order chi connectivity index (χ1) is 11.5. The van der Waals surface area contributed by atoms with Crippen molar-refractivity contribution in [2.24, 2.45) is 0 Å². The number of amides is 2. The van der Waals surface area contributed by atoms with Gasteiger partial charge in [-0.05, 0) is 62.2 Å². The fraction of sp³-hybridized carbons (Fsp3) is 0.263. The topological polar surface area (TPSA) is 67.4 Å². The first kappa shape index (κ1) is 17.5. The van der Waals surface area contributed by atoms with Crippen LogP contribution in [0, 0.1) is 13.8 Å². The molecule has 0 fully saturated rings. The van der Waals surface area contributed by atoms with Crippen LogP contribution in [0.1, 0.15) is 38.8 Å². The number of carbonyl (C=O) groups is 2. The highest BCUT2D eigenvalue weighted by Crippen LogP contribution is 2.23. The highest BCUT2D eigenvalue weighted by atomic mass is 16.5. The van der Waals surface area contributed by atoms with Gasteiger partial charge >= 0.3 is 0 Å². The molecule has 0 unspecified atom stereocenters. The molecule has 0 saturated heterocycles. The molecular weight excluding hydrogens is 304 g/mol. The molecule has 0 aliphatic heterocycles. The van der Waals surface area contributed by atoms with Crippen molar-refractivity contribution in [3.05, 3.63) is 58.7 Å². The van der Waals surface area contributed by atoms with Crippen LogP contribution in [0.15, 0.2) is 36.4 Å². The number of anilines is 1. The molecule has 126 valence electrons. The Morgan fingerprint density at radius 2 is 1.79 bits per heavy atom. The van der Waals surface area contributed by atoms with Gasteiger partial charge in [-0.15, -0.1) is 0 Å². The Hall–Kier alpha value is -2.82. The molecule has 5 nitrogen and oxygen atoms in total. The molecule has 24 heavy (non-hydrogen) atoms. The molecule has 5 heteroatoms. The van der Waals surface area contributed by atoms with Crippen LogP contribution in [0.3, 0.4) is 0 Å². The minimum Gasteiger partial charge on any atom is -0.496 e. The lowest BCUT2D eigenvalue weighted by Crippen LogP contribution is -2.22. The average molecular weight is 326 g/mol. The van der Waals surface area contributed by atoms with Crippen molar-refractivity contribution >= 4 is 17.5 Å². The van der Waals surface area contributed by atoms with Gasteiger partial charge in [-0.3, -0.25) is 9.59 Å². The zero-order valence-corrected chi connectivity index (χ0v) is 14.4. The summed E-state index contributed by atoms with van der Waals surface area (Å²) in [5.41, 5.74) is 3.54. The predicted molar refractivity (Wildman–Crippen MR) is 94.9 cm³/mol. The Morgan fingerprint density at radius 3 is 2.42 bits per heavy atom. The smallest absolute Gasteiger partial charge is 0.259 e. The number of rotatable bonds is 5. The molecule has 0 bridgehead atoms. The first-order valence-electron chi connectivity index (χ1n) is 7.81. The second-order valence-corrected chi connectivity index (χ2v) is 5.55. The van der Waals surface area contributed by atoms with E-state index >= 15 is 0 Å². The SMILES string of the molecule is CCNC(=O)c1ccc(NC(=O)c2ccc(C)cc2OC)c(C)c1. The lowest BCUT2D eigenvalue weighted by Gasteiger charge is -2.12. The first-order valence-corrected chi connectivity index (χ1v) is 7.81. The average Bonchev–Trinajstić information content (AvgIpc) is 2.56. The van der Waals surface area contributed by atoms with Crippen molar-refractivity contribution in [1.82, 2.24) is 5.32 Å². The maximum Gasteiger partial charge on any atom is 0.259 e. The van der Waals surface area contributed by atoms with Crippen LogP contribution in [-0.4, -0.2) is 25.5 Å². The predicted octanol–water partition coefficient (Wildman–Crippen LogP) is 3.31. The van der Waals surface area contributed by atoms with Crippen LogP contribution in [0.5, 0.6) is 5.75 Å². The van der Waals surface area contributed by atoms with Crippen molar-refractivity contribution in [2.45, 2.75) is 20.8 Å². The largest absolute Gasteiger partial charge is 0.496 e. The Labute approximate surface area is 142 Å². The third kappa shape index (κ3) is 3.93. The van der Waals surface area contributed by atoms with Crippen molar-refractivity contribution in [2.75, 3.05) is 19.0 Å². The fourth-order valence-corrected chi connectivity index (χ4v) is 2.38. The van der Waals surface area contributed by atoms with E-state index in [1.807, 2.05) is 32.9 Å². The molecule has 0 heterocycles. The molecule has 0 atom stereocenters. The van der Waals surface area contributed by atoms with Crippen LogP contribution >= 0.6 is 0 Å². The van der Waals surface area contributed by atoms with E-state index in [0.29, 0.717) is 29.1 Å². The number of aryl methyl sites for hydroxylation is 2. The standard InChI is InChI=1S/C19H22N2O3/c1-5-20-18(22)14-7-9-16(13(3)11-14)21-19(23)15-8-6-12(2)10-17(15)24-4/h6-11H,5H2,1-4H3,(H,20,22)(H,21,23). The summed E-state index contributed by atoms with van der Waals surface area (Å²) in [5, 5.41) is 5.62. The number of hydrogen-bond donors (Lipinski definition) is 2. The Bertz CT molecular complexity index is 769. The van der Waals surface area contributed by atoms with Crippen LogP contribution in [0.4, 0.5) is 5.69 Å². The number of carbonyl (C=O) groups excluding carboxylic acids is 2. The van der Waals surface area contributed by atoms with E-state index in [9.17, 15) is 9.59 Å². The van der Waals surface area contributed by atoms with Crippen molar-refractivity contribution < 1.29 is 14.3 Å². The van der Waals surface area contributed by atoms with Gasteiger partial charge in [0.05, 0.1) is 12.7 Å². The summed E-state index contributed by atoms with van der Waals surface area (Å²) >= 11 is 0. The van der Waals surface area contributed by atoms with E-state index in [0.717, 1.165) is 11.1 Å². The maximum absolute atomic E-state index is 12.5. The van der Waals surface area contributed by atoms with Gasteiger partial charge in [0.15, 0.2) is 0 Å². The number of hydrogen-bond acceptors (Lipinski definition) is 3. The molecule has 2 rings (SSSR count). The molecule has 0 aliphatic rings. The van der Waals surface area contributed by atoms with Crippen molar-refractivity contribution in [3.8, 4) is 5.75 Å². The van der Waals surface area contributed by atoms with Gasteiger partial charge in [-0.2, -0.15) is 0 Å². The fourth-order valence-electron chi connectivity index (χ4n) is 2.38. The third-order valence-electron chi connectivity index (χ3n) is 3.68. The van der Waals surface area contributed by atoms with Crippen molar-refractivity contribution in [3.63, 3.8) is 0 Å². The summed E-state index contributed by atoms with van der Waals surface area (Å²) in [6, 6.07) is 10.6. The second-order valence-electron chi connectivity index (χ2n) is 5.55. The van der Waals surface area contributed by atoms with E-state index in [-0.39, 0.29) is 11.8 Å². The number of methoxy groups -OCH3 is 1. The molecule has 2 aromatic rings. The van der Waals surface area contributed by atoms with Gasteiger partial charge in [0, 0.05) is 17.8 Å². The van der Waals surface area contributed by atoms with Gasteiger partial charge in [0.1, 0.15) is 5.75 Å².